The van der Waals surface area contributed by atoms with E-state index in [1.165, 1.54) is 5.56 Å². The van der Waals surface area contributed by atoms with Crippen LogP contribution in [0, 0.1) is 5.92 Å². The van der Waals surface area contributed by atoms with Gasteiger partial charge < -0.3 is 5.11 Å². The standard InChI is InChI=1S/C13H20O/c1-10(2)12(14)13(3,4)11-8-6-5-7-9-11/h5-10,12,14H,1-4H3/i12+1. The Kier molecular flexibility index (Phi) is 3.33. The molecule has 14 heavy (non-hydrogen) atoms. The van der Waals surface area contributed by atoms with Crippen LogP contribution in [0.5, 0.6) is 0 Å². The Morgan fingerprint density at radius 3 is 2.00 bits per heavy atom. The molecule has 0 saturated carbocycles. The van der Waals surface area contributed by atoms with E-state index in [2.05, 4.69) is 39.8 Å². The van der Waals surface area contributed by atoms with Crippen molar-refractivity contribution >= 4 is 0 Å². The second-order valence-electron chi connectivity index (χ2n) is 4.78. The van der Waals surface area contributed by atoms with Crippen LogP contribution in [0.1, 0.15) is 33.3 Å². The van der Waals surface area contributed by atoms with Gasteiger partial charge in [0, 0.05) is 5.41 Å². The molecule has 1 nitrogen and oxygen atoms in total. The van der Waals surface area contributed by atoms with Crippen LogP contribution in [-0.4, -0.2) is 11.2 Å². The minimum Gasteiger partial charge on any atom is -0.392 e. The molecule has 1 rings (SSSR count). The fourth-order valence-corrected chi connectivity index (χ4v) is 1.87. The van der Waals surface area contributed by atoms with Gasteiger partial charge in [0.25, 0.3) is 0 Å². The van der Waals surface area contributed by atoms with Gasteiger partial charge in [0.05, 0.1) is 6.10 Å². The fraction of sp³-hybridized carbons (Fsp3) is 0.538. The van der Waals surface area contributed by atoms with E-state index >= 15 is 0 Å². The van der Waals surface area contributed by atoms with Crippen LogP contribution < -0.4 is 0 Å². The van der Waals surface area contributed by atoms with E-state index in [4.69, 9.17) is 0 Å². The normalized spacial score (nSPS) is 14.4. The van der Waals surface area contributed by atoms with Crippen molar-refractivity contribution in [3.05, 3.63) is 35.9 Å². The molecule has 0 aliphatic heterocycles. The molecule has 0 saturated heterocycles. The van der Waals surface area contributed by atoms with Gasteiger partial charge in [-0.3, -0.25) is 0 Å². The number of aliphatic hydroxyl groups excluding tert-OH is 1. The Hall–Kier alpha value is -0.820. The van der Waals surface area contributed by atoms with Crippen LogP contribution in [0.15, 0.2) is 30.3 Å². The third-order valence-electron chi connectivity index (χ3n) is 2.89. The molecule has 1 unspecified atom stereocenters. The minimum absolute atomic E-state index is 0.171. The van der Waals surface area contributed by atoms with Gasteiger partial charge in [-0.25, -0.2) is 0 Å². The van der Waals surface area contributed by atoms with Gasteiger partial charge in [0.2, 0.25) is 0 Å². The Morgan fingerprint density at radius 2 is 1.57 bits per heavy atom. The van der Waals surface area contributed by atoms with Gasteiger partial charge in [-0.15, -0.1) is 0 Å². The van der Waals surface area contributed by atoms with Crippen LogP contribution in [0.4, 0.5) is 0 Å². The number of benzene rings is 1. The summed E-state index contributed by atoms with van der Waals surface area (Å²) < 4.78 is 0. The molecule has 0 amide bonds. The summed E-state index contributed by atoms with van der Waals surface area (Å²) in [4.78, 5) is 0. The third-order valence-corrected chi connectivity index (χ3v) is 2.89. The van der Waals surface area contributed by atoms with Crippen molar-refractivity contribution in [3.8, 4) is 0 Å². The van der Waals surface area contributed by atoms with Crippen LogP contribution in [0.25, 0.3) is 0 Å². The Morgan fingerprint density at radius 1 is 1.07 bits per heavy atom. The summed E-state index contributed by atoms with van der Waals surface area (Å²) in [5.41, 5.74) is 1.02. The molecule has 1 aromatic carbocycles. The summed E-state index contributed by atoms with van der Waals surface area (Å²) in [6, 6.07) is 10.2. The molecule has 0 aliphatic carbocycles. The maximum atomic E-state index is 10.1. The lowest BCUT2D eigenvalue weighted by atomic mass is 9.87. The van der Waals surface area contributed by atoms with Gasteiger partial charge in [-0.2, -0.15) is 0 Å². The van der Waals surface area contributed by atoms with E-state index in [0.29, 0.717) is 0 Å². The summed E-state index contributed by atoms with van der Waals surface area (Å²) in [6.07, 6.45) is -0.301. The minimum atomic E-state index is -0.301. The molecule has 0 heterocycles. The zero-order chi connectivity index (χ0) is 10.8. The van der Waals surface area contributed by atoms with Crippen molar-refractivity contribution < 1.29 is 5.11 Å². The first-order valence-electron chi connectivity index (χ1n) is 5.20. The lowest BCUT2D eigenvalue weighted by Crippen LogP contribution is -2.37. The molecule has 1 heteroatoms. The number of aliphatic hydroxyl groups is 1. The largest absolute Gasteiger partial charge is 0.392 e. The first-order valence-corrected chi connectivity index (χ1v) is 5.20. The SMILES string of the molecule is CC(C)[13CH](O)C(C)(C)c1ccccc1. The predicted molar refractivity (Wildman–Crippen MR) is 60.3 cm³/mol. The molecule has 0 fully saturated rings. The fourth-order valence-electron chi connectivity index (χ4n) is 1.87. The molecule has 1 atom stereocenters. The number of hydrogen-bond donors (Lipinski definition) is 1. The highest BCUT2D eigenvalue weighted by Crippen LogP contribution is 2.30. The van der Waals surface area contributed by atoms with Crippen molar-refractivity contribution in [1.29, 1.82) is 0 Å². The highest BCUT2D eigenvalue weighted by Gasteiger charge is 2.31. The lowest BCUT2D eigenvalue weighted by molar-refractivity contribution is 0.0574. The van der Waals surface area contributed by atoms with Gasteiger partial charge in [0.15, 0.2) is 0 Å². The van der Waals surface area contributed by atoms with Crippen LogP contribution >= 0.6 is 0 Å². The maximum Gasteiger partial charge on any atom is 0.0654 e. The summed E-state index contributed by atoms with van der Waals surface area (Å²) in [5.74, 6) is 0.283. The van der Waals surface area contributed by atoms with Crippen molar-refractivity contribution in [2.45, 2.75) is 39.2 Å². The molecule has 0 aromatic heterocycles. The molecule has 0 bridgehead atoms. The molecule has 0 radical (unpaired) electrons. The van der Waals surface area contributed by atoms with Crippen LogP contribution in [0.3, 0.4) is 0 Å². The molecular formula is C13H20O. The lowest BCUT2D eigenvalue weighted by Gasteiger charge is -2.33. The third kappa shape index (κ3) is 2.16. The highest BCUT2D eigenvalue weighted by molar-refractivity contribution is 5.25. The molecular weight excluding hydrogens is 173 g/mol. The average Bonchev–Trinajstić information content (AvgIpc) is 2.18. The van der Waals surface area contributed by atoms with Crippen molar-refractivity contribution in [2.24, 2.45) is 5.92 Å². The van der Waals surface area contributed by atoms with Crippen molar-refractivity contribution in [2.75, 3.05) is 0 Å². The van der Waals surface area contributed by atoms with E-state index in [9.17, 15) is 5.11 Å². The van der Waals surface area contributed by atoms with Crippen LogP contribution in [0.2, 0.25) is 0 Å². The van der Waals surface area contributed by atoms with E-state index in [0.717, 1.165) is 0 Å². The summed E-state index contributed by atoms with van der Waals surface area (Å²) in [5, 5.41) is 10.1. The Bertz CT molecular complexity index is 275. The Balaban J connectivity index is 2.96. The molecule has 0 spiro atoms. The summed E-state index contributed by atoms with van der Waals surface area (Å²) in [7, 11) is 0. The van der Waals surface area contributed by atoms with Gasteiger partial charge >= 0.3 is 0 Å². The van der Waals surface area contributed by atoms with Gasteiger partial charge in [0.1, 0.15) is 0 Å². The molecule has 1 aromatic rings. The summed E-state index contributed by atoms with van der Waals surface area (Å²) >= 11 is 0. The van der Waals surface area contributed by atoms with E-state index in [1.807, 2.05) is 18.2 Å². The highest BCUT2D eigenvalue weighted by atomic mass is 16.4. The topological polar surface area (TPSA) is 20.2 Å². The molecule has 78 valence electrons. The first-order chi connectivity index (χ1) is 6.46. The zero-order valence-corrected chi connectivity index (χ0v) is 9.49. The average molecular weight is 193 g/mol. The monoisotopic (exact) mass is 193 g/mol. The van der Waals surface area contributed by atoms with E-state index in [-0.39, 0.29) is 17.4 Å². The maximum absolute atomic E-state index is 10.1. The van der Waals surface area contributed by atoms with Crippen LogP contribution in [-0.2, 0) is 5.41 Å². The number of rotatable bonds is 3. The second kappa shape index (κ2) is 4.14. The van der Waals surface area contributed by atoms with Crippen molar-refractivity contribution in [3.63, 3.8) is 0 Å². The van der Waals surface area contributed by atoms with Crippen molar-refractivity contribution in [1.82, 2.24) is 0 Å². The summed E-state index contributed by atoms with van der Waals surface area (Å²) in [6.45, 7) is 8.28. The zero-order valence-electron chi connectivity index (χ0n) is 9.49. The molecule has 1 N–H and O–H groups in total. The Labute approximate surface area is 86.8 Å². The second-order valence-corrected chi connectivity index (χ2v) is 4.78. The predicted octanol–water partition coefficient (Wildman–Crippen LogP) is 2.98. The van der Waals surface area contributed by atoms with Gasteiger partial charge in [-0.05, 0) is 11.5 Å². The van der Waals surface area contributed by atoms with Gasteiger partial charge in [-0.1, -0.05) is 58.0 Å². The quantitative estimate of drug-likeness (QED) is 0.732. The molecule has 0 aliphatic rings. The smallest absolute Gasteiger partial charge is 0.0654 e. The van der Waals surface area contributed by atoms with E-state index in [1.54, 1.807) is 0 Å². The van der Waals surface area contributed by atoms with E-state index < -0.39 is 0 Å². The first kappa shape index (κ1) is 11.3. The number of hydrogen-bond acceptors (Lipinski definition) is 1.